The molecule has 0 fully saturated rings. The number of hydrogen-bond donors (Lipinski definition) is 1. The van der Waals surface area contributed by atoms with E-state index in [1.165, 1.54) is 0 Å². The minimum Gasteiger partial charge on any atom is -0.493 e. The van der Waals surface area contributed by atoms with Crippen LogP contribution in [-0.2, 0) is 4.74 Å². The number of hydrogen-bond acceptors (Lipinski definition) is 9. The van der Waals surface area contributed by atoms with E-state index in [1.54, 1.807) is 23.9 Å². The van der Waals surface area contributed by atoms with Crippen LogP contribution in [0, 0.1) is 5.92 Å². The Morgan fingerprint density at radius 3 is 1.70 bits per heavy atom. The van der Waals surface area contributed by atoms with Gasteiger partial charge in [-0.05, 0) is 71.5 Å². The van der Waals surface area contributed by atoms with Crippen molar-refractivity contribution in [1.29, 1.82) is 0 Å². The first kappa shape index (κ1) is 37.7. The van der Waals surface area contributed by atoms with Crippen LogP contribution in [-0.4, -0.2) is 43.4 Å². The zero-order chi connectivity index (χ0) is 36.8. The Morgan fingerprint density at radius 2 is 1.21 bits per heavy atom. The average Bonchev–Trinajstić information content (AvgIpc) is 3.18. The van der Waals surface area contributed by atoms with Crippen LogP contribution in [0.5, 0.6) is 11.5 Å². The molecule has 0 bridgehead atoms. The highest BCUT2D eigenvalue weighted by molar-refractivity contribution is 8.02. The number of aliphatic hydroxyl groups excluding tert-OH is 1. The Labute approximate surface area is 313 Å². The highest BCUT2D eigenvalue weighted by Crippen LogP contribution is 2.27. The molecule has 1 atom stereocenters. The molecule has 0 radical (unpaired) electrons. The molecule has 6 aromatic rings. The smallest absolute Gasteiger partial charge is 0.344 e. The molecule has 0 aliphatic carbocycles. The maximum atomic E-state index is 12.8. The van der Waals surface area contributed by atoms with Gasteiger partial charge in [0.2, 0.25) is 0 Å². The van der Waals surface area contributed by atoms with Crippen LogP contribution in [0.15, 0.2) is 140 Å². The molecule has 0 aliphatic rings. The van der Waals surface area contributed by atoms with Crippen LogP contribution in [0.3, 0.4) is 0 Å². The molecular formula is C44H44O8S. The topological polar surface area (TPSA) is 108 Å². The first-order chi connectivity index (χ1) is 26.0. The zero-order valence-corrected chi connectivity index (χ0v) is 30.4. The Balaban J connectivity index is 1.08. The Kier molecular flexibility index (Phi) is 13.6. The molecule has 0 saturated carbocycles. The Bertz CT molecular complexity index is 2050. The molecule has 2 heterocycles. The second-order valence-electron chi connectivity index (χ2n) is 12.8. The molecule has 4 aromatic carbocycles. The molecule has 6 rings (SSSR count). The summed E-state index contributed by atoms with van der Waals surface area (Å²) >= 11 is 1.70. The summed E-state index contributed by atoms with van der Waals surface area (Å²) in [6.45, 7) is 4.94. The van der Waals surface area contributed by atoms with Gasteiger partial charge in [0, 0.05) is 48.3 Å². The predicted octanol–water partition coefficient (Wildman–Crippen LogP) is 9.51. The first-order valence-electron chi connectivity index (χ1n) is 18.0. The molecule has 0 saturated heterocycles. The lowest BCUT2D eigenvalue weighted by atomic mass is 10.0. The van der Waals surface area contributed by atoms with E-state index < -0.39 is 11.3 Å². The molecule has 1 N–H and O–H groups in total. The minimum absolute atomic E-state index is 0.0291. The molecule has 53 heavy (non-hydrogen) atoms. The normalized spacial score (nSPS) is 12.0. The van der Waals surface area contributed by atoms with Gasteiger partial charge in [0.05, 0.1) is 37.1 Å². The maximum Gasteiger partial charge on any atom is 0.344 e. The van der Waals surface area contributed by atoms with Gasteiger partial charge in [-0.15, -0.1) is 11.8 Å². The number of rotatable bonds is 20. The monoisotopic (exact) mass is 732 g/mol. The molecule has 0 aliphatic heterocycles. The molecular weight excluding hydrogens is 689 g/mol. The van der Waals surface area contributed by atoms with Crippen molar-refractivity contribution in [2.75, 3.05) is 32.2 Å². The van der Waals surface area contributed by atoms with Crippen molar-refractivity contribution in [3.8, 4) is 33.8 Å². The number of unbranched alkanes of at least 4 members (excludes halogenated alkanes) is 1. The van der Waals surface area contributed by atoms with Gasteiger partial charge >= 0.3 is 11.3 Å². The predicted molar refractivity (Wildman–Crippen MR) is 213 cm³/mol. The second kappa shape index (κ2) is 19.1. The van der Waals surface area contributed by atoms with E-state index in [9.17, 15) is 14.7 Å². The molecule has 274 valence electrons. The fourth-order valence-corrected chi connectivity index (χ4v) is 6.67. The largest absolute Gasteiger partial charge is 0.493 e. The van der Waals surface area contributed by atoms with Crippen molar-refractivity contribution in [3.63, 3.8) is 0 Å². The number of thioether (sulfide) groups is 1. The van der Waals surface area contributed by atoms with E-state index in [0.29, 0.717) is 66.5 Å². The van der Waals surface area contributed by atoms with Gasteiger partial charge in [-0.1, -0.05) is 73.7 Å². The third-order valence-corrected chi connectivity index (χ3v) is 9.83. The van der Waals surface area contributed by atoms with Crippen LogP contribution >= 0.6 is 11.8 Å². The van der Waals surface area contributed by atoms with Crippen molar-refractivity contribution in [1.82, 2.24) is 0 Å². The van der Waals surface area contributed by atoms with Gasteiger partial charge in [-0.25, -0.2) is 9.59 Å². The van der Waals surface area contributed by atoms with E-state index in [4.69, 9.17) is 23.0 Å². The summed E-state index contributed by atoms with van der Waals surface area (Å²) in [6.07, 6.45) is 3.86. The van der Waals surface area contributed by atoms with Gasteiger partial charge in [-0.3, -0.25) is 0 Å². The second-order valence-corrected chi connectivity index (χ2v) is 13.9. The number of ether oxygens (including phenoxy) is 3. The van der Waals surface area contributed by atoms with Gasteiger partial charge in [0.1, 0.15) is 22.7 Å². The molecule has 1 unspecified atom stereocenters. The van der Waals surface area contributed by atoms with Gasteiger partial charge in [-0.2, -0.15) is 0 Å². The van der Waals surface area contributed by atoms with Crippen LogP contribution in [0.2, 0.25) is 0 Å². The van der Waals surface area contributed by atoms with Gasteiger partial charge < -0.3 is 28.2 Å². The quantitative estimate of drug-likeness (QED) is 0.0607. The van der Waals surface area contributed by atoms with Crippen LogP contribution in [0.25, 0.3) is 44.2 Å². The number of aliphatic hydroxyl groups is 1. The third kappa shape index (κ3) is 10.5. The van der Waals surface area contributed by atoms with Crippen molar-refractivity contribution < 1.29 is 28.2 Å². The first-order valence-corrected chi connectivity index (χ1v) is 19.0. The lowest BCUT2D eigenvalue weighted by molar-refractivity contribution is -0.00707. The SMILES string of the molecule is C=CSCCCCC(CO)COC(CCOc1ccc2cc(-c3ccccc3)c(=O)oc2c1)CCOc1ccc2cc(-c3ccccc3)c(=O)oc2c1. The summed E-state index contributed by atoms with van der Waals surface area (Å²) in [4.78, 5) is 25.6. The van der Waals surface area contributed by atoms with E-state index >= 15 is 0 Å². The van der Waals surface area contributed by atoms with E-state index in [-0.39, 0.29) is 18.6 Å². The summed E-state index contributed by atoms with van der Waals surface area (Å²) < 4.78 is 29.9. The molecule has 2 aromatic heterocycles. The summed E-state index contributed by atoms with van der Waals surface area (Å²) in [5.41, 5.74) is 2.72. The molecule has 0 amide bonds. The van der Waals surface area contributed by atoms with Crippen molar-refractivity contribution >= 4 is 33.7 Å². The standard InChI is InChI=1S/C44H44O8S/c1-2-53-24-10-9-11-31(29-45)30-50-36(20-22-48-37-18-16-34-25-39(32-12-5-3-6-13-32)43(46)51-41(34)27-37)21-23-49-38-19-17-35-26-40(33-14-7-4-8-15-33)44(47)52-42(35)28-38/h2-8,12-19,25-28,31,36,45H,1,9-11,20-24,29-30H2. The van der Waals surface area contributed by atoms with E-state index in [1.807, 2.05) is 102 Å². The van der Waals surface area contributed by atoms with Gasteiger partial charge in [0.15, 0.2) is 0 Å². The zero-order valence-electron chi connectivity index (χ0n) is 29.6. The van der Waals surface area contributed by atoms with E-state index in [2.05, 4.69) is 6.58 Å². The van der Waals surface area contributed by atoms with Crippen molar-refractivity contribution in [3.05, 3.63) is 142 Å². The lowest BCUT2D eigenvalue weighted by Crippen LogP contribution is -2.24. The van der Waals surface area contributed by atoms with Gasteiger partial charge in [0.25, 0.3) is 0 Å². The van der Waals surface area contributed by atoms with Crippen molar-refractivity contribution in [2.24, 2.45) is 5.92 Å². The number of benzene rings is 4. The summed E-state index contributed by atoms with van der Waals surface area (Å²) in [5, 5.41) is 13.5. The summed E-state index contributed by atoms with van der Waals surface area (Å²) in [7, 11) is 0. The third-order valence-electron chi connectivity index (χ3n) is 9.07. The molecule has 9 heteroatoms. The van der Waals surface area contributed by atoms with Crippen LogP contribution in [0.4, 0.5) is 0 Å². The fraction of sp³-hybridized carbons (Fsp3) is 0.273. The van der Waals surface area contributed by atoms with Crippen molar-refractivity contribution in [2.45, 2.75) is 38.2 Å². The van der Waals surface area contributed by atoms with E-state index in [0.717, 1.165) is 46.9 Å². The highest BCUT2D eigenvalue weighted by Gasteiger charge is 2.16. The highest BCUT2D eigenvalue weighted by atomic mass is 32.2. The Hall–Kier alpha value is -5.09. The maximum absolute atomic E-state index is 12.8. The Morgan fingerprint density at radius 1 is 0.679 bits per heavy atom. The average molecular weight is 733 g/mol. The summed E-state index contributed by atoms with van der Waals surface area (Å²) in [5.74, 6) is 2.21. The summed E-state index contributed by atoms with van der Waals surface area (Å²) in [6, 6.07) is 33.5. The minimum atomic E-state index is -0.405. The number of fused-ring (bicyclic) bond motifs is 2. The molecule has 0 spiro atoms. The molecule has 8 nitrogen and oxygen atoms in total. The van der Waals surface area contributed by atoms with Crippen LogP contribution in [0.1, 0.15) is 32.1 Å². The lowest BCUT2D eigenvalue weighted by Gasteiger charge is -2.22. The van der Waals surface area contributed by atoms with Crippen LogP contribution < -0.4 is 20.7 Å². The fourth-order valence-electron chi connectivity index (χ4n) is 6.13.